The Morgan fingerprint density at radius 3 is 2.93 bits per heavy atom. The van der Waals surface area contributed by atoms with E-state index in [9.17, 15) is 9.18 Å². The minimum atomic E-state index is -0.152. The minimum Gasteiger partial charge on any atom is -0.372 e. The van der Waals surface area contributed by atoms with Gasteiger partial charge in [0.1, 0.15) is 5.82 Å². The van der Waals surface area contributed by atoms with Crippen LogP contribution in [0.2, 0.25) is 0 Å². The predicted molar refractivity (Wildman–Crippen MR) is 99.7 cm³/mol. The zero-order valence-electron chi connectivity index (χ0n) is 15.2. The zero-order chi connectivity index (χ0) is 18.7. The summed E-state index contributed by atoms with van der Waals surface area (Å²) in [4.78, 5) is 18.3. The number of hydrogen-bond donors (Lipinski definition) is 1. The normalized spacial score (nSPS) is 21.1. The van der Waals surface area contributed by atoms with Gasteiger partial charge in [0.05, 0.1) is 11.2 Å². The van der Waals surface area contributed by atoms with Crippen molar-refractivity contribution < 1.29 is 13.9 Å². The van der Waals surface area contributed by atoms with Gasteiger partial charge in [0.2, 0.25) is 0 Å². The highest BCUT2D eigenvalue weighted by atomic mass is 19.1. The smallest absolute Gasteiger partial charge is 0.252 e. The van der Waals surface area contributed by atoms with Crippen LogP contribution in [0.25, 0.3) is 0 Å². The van der Waals surface area contributed by atoms with Gasteiger partial charge in [-0.1, -0.05) is 18.2 Å². The quantitative estimate of drug-likeness (QED) is 0.851. The average Bonchev–Trinajstić information content (AvgIpc) is 3.08. The lowest BCUT2D eigenvalue weighted by Crippen LogP contribution is -2.64. The highest BCUT2D eigenvalue weighted by Gasteiger charge is 2.52. The molecule has 1 spiro atoms. The van der Waals surface area contributed by atoms with Gasteiger partial charge in [-0.15, -0.1) is 0 Å². The van der Waals surface area contributed by atoms with Gasteiger partial charge >= 0.3 is 0 Å². The summed E-state index contributed by atoms with van der Waals surface area (Å²) in [5.74, 6) is 0.176. The molecule has 2 saturated heterocycles. The number of likely N-dealkylation sites (tertiary alicyclic amines) is 1. The summed E-state index contributed by atoms with van der Waals surface area (Å²) < 4.78 is 19.9. The molecule has 1 amide bonds. The summed E-state index contributed by atoms with van der Waals surface area (Å²) >= 11 is 0. The van der Waals surface area contributed by atoms with Crippen molar-refractivity contribution in [2.24, 2.45) is 5.92 Å². The van der Waals surface area contributed by atoms with E-state index in [4.69, 9.17) is 4.74 Å². The number of ether oxygens (including phenoxy) is 1. The number of rotatable bonds is 6. The summed E-state index contributed by atoms with van der Waals surface area (Å²) in [7, 11) is 0. The van der Waals surface area contributed by atoms with Crippen molar-refractivity contribution in [1.29, 1.82) is 0 Å². The van der Waals surface area contributed by atoms with Gasteiger partial charge in [0.25, 0.3) is 5.91 Å². The van der Waals surface area contributed by atoms with Crippen LogP contribution in [0.1, 0.15) is 28.8 Å². The van der Waals surface area contributed by atoms with Crippen molar-refractivity contribution in [2.75, 3.05) is 26.2 Å². The van der Waals surface area contributed by atoms with Crippen molar-refractivity contribution >= 4 is 5.91 Å². The first-order chi connectivity index (χ1) is 13.2. The second kappa shape index (κ2) is 7.74. The molecule has 2 aromatic rings. The Bertz CT molecular complexity index is 793. The van der Waals surface area contributed by atoms with Gasteiger partial charge in [-0.2, -0.15) is 0 Å². The van der Waals surface area contributed by atoms with Crippen LogP contribution < -0.4 is 5.32 Å². The van der Waals surface area contributed by atoms with E-state index in [0.717, 1.165) is 38.1 Å². The van der Waals surface area contributed by atoms with Gasteiger partial charge in [-0.25, -0.2) is 4.39 Å². The number of hydrogen-bond acceptors (Lipinski definition) is 4. The lowest BCUT2D eigenvalue weighted by atomic mass is 9.78. The Labute approximate surface area is 158 Å². The monoisotopic (exact) mass is 369 g/mol. The Morgan fingerprint density at radius 1 is 1.30 bits per heavy atom. The maximum absolute atomic E-state index is 13.8. The molecule has 142 valence electrons. The summed E-state index contributed by atoms with van der Waals surface area (Å²) in [5.41, 5.74) is 1.17. The minimum absolute atomic E-state index is 0.0918. The van der Waals surface area contributed by atoms with Crippen LogP contribution in [-0.4, -0.2) is 47.6 Å². The number of nitrogens with one attached hydrogen (secondary N) is 1. The molecule has 2 fully saturated rings. The SMILES string of the molecule is O=C(NCCC1CCOC12CN(Cc1ccccc1F)C2)c1cccnc1. The zero-order valence-corrected chi connectivity index (χ0v) is 15.2. The van der Waals surface area contributed by atoms with Crippen molar-refractivity contribution in [3.05, 3.63) is 65.7 Å². The third-order valence-electron chi connectivity index (χ3n) is 5.64. The van der Waals surface area contributed by atoms with Crippen LogP contribution in [-0.2, 0) is 11.3 Å². The Morgan fingerprint density at radius 2 is 2.15 bits per heavy atom. The standard InChI is InChI=1S/C21H24FN3O2/c22-19-6-2-1-4-17(19)13-25-14-21(15-25)18(8-11-27-21)7-10-24-20(26)16-5-3-9-23-12-16/h1-6,9,12,18H,7-8,10-11,13-15H2,(H,24,26). The van der Waals surface area contributed by atoms with E-state index in [1.54, 1.807) is 30.6 Å². The van der Waals surface area contributed by atoms with E-state index in [0.29, 0.717) is 24.6 Å². The molecule has 1 N–H and O–H groups in total. The lowest BCUT2D eigenvalue weighted by molar-refractivity contribution is -0.137. The second-order valence-electron chi connectivity index (χ2n) is 7.42. The van der Waals surface area contributed by atoms with Crippen LogP contribution in [0.15, 0.2) is 48.8 Å². The van der Waals surface area contributed by atoms with E-state index in [1.807, 2.05) is 12.1 Å². The van der Waals surface area contributed by atoms with E-state index < -0.39 is 0 Å². The summed E-state index contributed by atoms with van der Waals surface area (Å²) in [6, 6.07) is 10.4. The molecule has 6 heteroatoms. The number of pyridine rings is 1. The molecule has 0 saturated carbocycles. The third-order valence-corrected chi connectivity index (χ3v) is 5.64. The maximum Gasteiger partial charge on any atom is 0.252 e. The highest BCUT2D eigenvalue weighted by molar-refractivity contribution is 5.93. The predicted octanol–water partition coefficient (Wildman–Crippen LogP) is 2.63. The molecule has 0 radical (unpaired) electrons. The Hall–Kier alpha value is -2.31. The number of benzene rings is 1. The molecule has 1 unspecified atom stereocenters. The molecule has 5 nitrogen and oxygen atoms in total. The molecule has 1 atom stereocenters. The average molecular weight is 369 g/mol. The van der Waals surface area contributed by atoms with Gasteiger partial charge < -0.3 is 10.1 Å². The molecule has 2 aliphatic rings. The highest BCUT2D eigenvalue weighted by Crippen LogP contribution is 2.42. The largest absolute Gasteiger partial charge is 0.372 e. The van der Waals surface area contributed by atoms with Gasteiger partial charge in [-0.05, 0) is 37.0 Å². The fraction of sp³-hybridized carbons (Fsp3) is 0.429. The lowest BCUT2D eigenvalue weighted by Gasteiger charge is -2.50. The van der Waals surface area contributed by atoms with Gasteiger partial charge in [-0.3, -0.25) is 14.7 Å². The molecule has 27 heavy (non-hydrogen) atoms. The van der Waals surface area contributed by atoms with E-state index >= 15 is 0 Å². The molecule has 0 bridgehead atoms. The summed E-state index contributed by atoms with van der Waals surface area (Å²) in [6.45, 7) is 3.64. The summed E-state index contributed by atoms with van der Waals surface area (Å²) in [6.07, 6.45) is 5.12. The Balaban J connectivity index is 1.26. The van der Waals surface area contributed by atoms with Crippen LogP contribution in [0.5, 0.6) is 0 Å². The van der Waals surface area contributed by atoms with E-state index in [-0.39, 0.29) is 17.3 Å². The third kappa shape index (κ3) is 3.87. The maximum atomic E-state index is 13.8. The molecule has 4 rings (SSSR count). The van der Waals surface area contributed by atoms with Crippen LogP contribution >= 0.6 is 0 Å². The molecule has 0 aliphatic carbocycles. The number of aromatic nitrogens is 1. The number of halogens is 1. The molecule has 1 aromatic carbocycles. The van der Waals surface area contributed by atoms with Crippen LogP contribution in [0.3, 0.4) is 0 Å². The topological polar surface area (TPSA) is 54.5 Å². The van der Waals surface area contributed by atoms with Crippen molar-refractivity contribution in [2.45, 2.75) is 25.0 Å². The Kier molecular flexibility index (Phi) is 5.18. The number of nitrogens with zero attached hydrogens (tertiary/aromatic N) is 2. The molecule has 1 aromatic heterocycles. The molecule has 3 heterocycles. The number of amides is 1. The van der Waals surface area contributed by atoms with E-state index in [1.165, 1.54) is 6.07 Å². The first kappa shape index (κ1) is 18.1. The van der Waals surface area contributed by atoms with E-state index in [2.05, 4.69) is 15.2 Å². The number of carbonyl (C=O) groups is 1. The van der Waals surface area contributed by atoms with Crippen molar-refractivity contribution in [3.63, 3.8) is 0 Å². The second-order valence-corrected chi connectivity index (χ2v) is 7.42. The van der Waals surface area contributed by atoms with Crippen LogP contribution in [0, 0.1) is 11.7 Å². The van der Waals surface area contributed by atoms with Gasteiger partial charge in [0.15, 0.2) is 0 Å². The first-order valence-corrected chi connectivity index (χ1v) is 9.44. The molecular formula is C21H24FN3O2. The molecule has 2 aliphatic heterocycles. The summed E-state index contributed by atoms with van der Waals surface area (Å²) in [5, 5.41) is 2.97. The number of carbonyl (C=O) groups excluding carboxylic acids is 1. The van der Waals surface area contributed by atoms with Crippen LogP contribution in [0.4, 0.5) is 4.39 Å². The molecular weight excluding hydrogens is 345 g/mol. The fourth-order valence-corrected chi connectivity index (χ4v) is 4.19. The van der Waals surface area contributed by atoms with Gasteiger partial charge in [0, 0.05) is 50.7 Å². The van der Waals surface area contributed by atoms with Crippen molar-refractivity contribution in [1.82, 2.24) is 15.2 Å². The first-order valence-electron chi connectivity index (χ1n) is 9.44. The van der Waals surface area contributed by atoms with Crippen molar-refractivity contribution in [3.8, 4) is 0 Å². The fourth-order valence-electron chi connectivity index (χ4n) is 4.19.